The summed E-state index contributed by atoms with van der Waals surface area (Å²) in [5.41, 5.74) is 0.509. The number of rotatable bonds is 1. The molecule has 3 heterocycles. The van der Waals surface area contributed by atoms with Crippen molar-refractivity contribution in [3.05, 3.63) is 21.9 Å². The molecule has 0 unspecified atom stereocenters. The summed E-state index contributed by atoms with van der Waals surface area (Å²) in [5.74, 6) is 0.0391. The molecule has 0 bridgehead atoms. The largest absolute Gasteiger partial charge is 0.367 e. The molecule has 2 saturated heterocycles. The average Bonchev–Trinajstić information content (AvgIpc) is 3.02. The molecule has 1 spiro atoms. The number of ether oxygens (including phenoxy) is 1. The number of Topliss-reactive ketones (excluding diaryl/α,β-unsaturated/α-hetero) is 1. The minimum absolute atomic E-state index is 0.0284. The van der Waals surface area contributed by atoms with Crippen LogP contribution in [0.25, 0.3) is 0 Å². The van der Waals surface area contributed by atoms with Crippen LogP contribution >= 0.6 is 11.3 Å². The van der Waals surface area contributed by atoms with Gasteiger partial charge >= 0.3 is 0 Å². The number of amides is 1. The van der Waals surface area contributed by atoms with E-state index in [4.69, 9.17) is 4.74 Å². The molecule has 2 fully saturated rings. The Morgan fingerprint density at radius 2 is 2.32 bits per heavy atom. The number of ketones is 1. The maximum absolute atomic E-state index is 12.3. The molecule has 0 N–H and O–H groups in total. The van der Waals surface area contributed by atoms with Crippen LogP contribution in [0.5, 0.6) is 0 Å². The van der Waals surface area contributed by atoms with Gasteiger partial charge in [-0.3, -0.25) is 9.59 Å². The van der Waals surface area contributed by atoms with Crippen LogP contribution < -0.4 is 0 Å². The fourth-order valence-electron chi connectivity index (χ4n) is 2.84. The van der Waals surface area contributed by atoms with Gasteiger partial charge < -0.3 is 9.64 Å². The number of likely N-dealkylation sites (tertiary alicyclic amines) is 1. The van der Waals surface area contributed by atoms with Crippen molar-refractivity contribution >= 4 is 23.0 Å². The zero-order chi connectivity index (χ0) is 13.5. The molecule has 102 valence electrons. The van der Waals surface area contributed by atoms with Crippen LogP contribution in [0.2, 0.25) is 0 Å². The van der Waals surface area contributed by atoms with Gasteiger partial charge in [0.1, 0.15) is 5.60 Å². The second-order valence-corrected chi connectivity index (χ2v) is 6.25. The predicted molar refractivity (Wildman–Crippen MR) is 72.5 cm³/mol. The highest BCUT2D eigenvalue weighted by molar-refractivity contribution is 7.12. The topological polar surface area (TPSA) is 46.6 Å². The van der Waals surface area contributed by atoms with E-state index in [0.29, 0.717) is 24.4 Å². The smallest absolute Gasteiger partial charge is 0.264 e. The first-order chi connectivity index (χ1) is 9.11. The minimum Gasteiger partial charge on any atom is -0.367 e. The highest BCUT2D eigenvalue weighted by atomic mass is 32.1. The average molecular weight is 279 g/mol. The molecule has 2 aliphatic rings. The fraction of sp³-hybridized carbons (Fsp3) is 0.571. The summed E-state index contributed by atoms with van der Waals surface area (Å²) >= 11 is 1.44. The number of aryl methyl sites for hydroxylation is 1. The van der Waals surface area contributed by atoms with Crippen molar-refractivity contribution in [3.8, 4) is 0 Å². The summed E-state index contributed by atoms with van der Waals surface area (Å²) in [6.45, 7) is 3.44. The van der Waals surface area contributed by atoms with Crippen molar-refractivity contribution in [1.29, 1.82) is 0 Å². The molecule has 5 heteroatoms. The summed E-state index contributed by atoms with van der Waals surface area (Å²) in [5, 5.41) is 1.96. The summed E-state index contributed by atoms with van der Waals surface area (Å²) in [7, 11) is 0. The number of nitrogens with zero attached hydrogens (tertiary/aromatic N) is 1. The third kappa shape index (κ3) is 2.21. The Hall–Kier alpha value is -1.20. The zero-order valence-corrected chi connectivity index (χ0v) is 11.8. The van der Waals surface area contributed by atoms with E-state index < -0.39 is 5.60 Å². The van der Waals surface area contributed by atoms with Crippen molar-refractivity contribution in [3.63, 3.8) is 0 Å². The zero-order valence-electron chi connectivity index (χ0n) is 11.0. The normalized spacial score (nSPS) is 27.2. The lowest BCUT2D eigenvalue weighted by Crippen LogP contribution is -2.53. The Morgan fingerprint density at radius 1 is 1.47 bits per heavy atom. The molecular formula is C14H17NO3S. The SMILES string of the molecule is Cc1csc(C(=O)N2CC[C@@]3(CCCO3)C(=O)C2)c1. The second kappa shape index (κ2) is 4.72. The first-order valence-electron chi connectivity index (χ1n) is 6.62. The van der Waals surface area contributed by atoms with E-state index in [0.717, 1.165) is 18.4 Å². The van der Waals surface area contributed by atoms with Crippen LogP contribution in [-0.2, 0) is 9.53 Å². The van der Waals surface area contributed by atoms with Crippen LogP contribution in [0.3, 0.4) is 0 Å². The van der Waals surface area contributed by atoms with Crippen LogP contribution in [0.15, 0.2) is 11.4 Å². The molecule has 0 saturated carbocycles. The fourth-order valence-corrected chi connectivity index (χ4v) is 3.70. The van der Waals surface area contributed by atoms with Gasteiger partial charge in [-0.05, 0) is 36.8 Å². The van der Waals surface area contributed by atoms with Gasteiger partial charge in [0.15, 0.2) is 5.78 Å². The van der Waals surface area contributed by atoms with Gasteiger partial charge in [-0.15, -0.1) is 11.3 Å². The molecule has 19 heavy (non-hydrogen) atoms. The van der Waals surface area contributed by atoms with E-state index >= 15 is 0 Å². The molecule has 1 atom stereocenters. The van der Waals surface area contributed by atoms with Gasteiger partial charge in [-0.2, -0.15) is 0 Å². The lowest BCUT2D eigenvalue weighted by molar-refractivity contribution is -0.144. The number of carbonyl (C=O) groups is 2. The maximum atomic E-state index is 12.3. The van der Waals surface area contributed by atoms with Crippen molar-refractivity contribution in [2.75, 3.05) is 19.7 Å². The van der Waals surface area contributed by atoms with Crippen molar-refractivity contribution < 1.29 is 14.3 Å². The Morgan fingerprint density at radius 3 is 2.89 bits per heavy atom. The Balaban J connectivity index is 1.72. The minimum atomic E-state index is -0.581. The summed E-state index contributed by atoms with van der Waals surface area (Å²) in [6.07, 6.45) is 2.40. The van der Waals surface area contributed by atoms with Gasteiger partial charge in [0.05, 0.1) is 11.4 Å². The summed E-state index contributed by atoms with van der Waals surface area (Å²) in [6, 6.07) is 1.88. The van der Waals surface area contributed by atoms with Crippen molar-refractivity contribution in [2.24, 2.45) is 0 Å². The van der Waals surface area contributed by atoms with Crippen LogP contribution in [0.4, 0.5) is 0 Å². The van der Waals surface area contributed by atoms with E-state index in [1.807, 2.05) is 18.4 Å². The molecule has 1 aromatic heterocycles. The summed E-state index contributed by atoms with van der Waals surface area (Å²) < 4.78 is 5.65. The van der Waals surface area contributed by atoms with E-state index in [9.17, 15) is 9.59 Å². The molecular weight excluding hydrogens is 262 g/mol. The van der Waals surface area contributed by atoms with E-state index in [1.165, 1.54) is 11.3 Å². The highest BCUT2D eigenvalue weighted by Crippen LogP contribution is 2.34. The third-order valence-corrected chi connectivity index (χ3v) is 5.00. The number of thiophene rings is 1. The maximum Gasteiger partial charge on any atom is 0.264 e. The molecule has 0 radical (unpaired) electrons. The third-order valence-electron chi connectivity index (χ3n) is 3.96. The van der Waals surface area contributed by atoms with Crippen molar-refractivity contribution in [2.45, 2.75) is 31.8 Å². The molecule has 4 nitrogen and oxygen atoms in total. The first kappa shape index (κ1) is 12.8. The lowest BCUT2D eigenvalue weighted by atomic mass is 9.87. The van der Waals surface area contributed by atoms with Gasteiger partial charge in [0.25, 0.3) is 5.91 Å². The molecule has 1 amide bonds. The van der Waals surface area contributed by atoms with Crippen LogP contribution in [0, 0.1) is 6.92 Å². The predicted octanol–water partition coefficient (Wildman–Crippen LogP) is 2.02. The van der Waals surface area contributed by atoms with Gasteiger partial charge in [-0.25, -0.2) is 0 Å². The van der Waals surface area contributed by atoms with E-state index in [2.05, 4.69) is 0 Å². The van der Waals surface area contributed by atoms with Crippen LogP contribution in [0.1, 0.15) is 34.5 Å². The Kier molecular flexibility index (Phi) is 3.19. The Bertz CT molecular complexity index is 517. The summed E-state index contributed by atoms with van der Waals surface area (Å²) in [4.78, 5) is 26.9. The second-order valence-electron chi connectivity index (χ2n) is 5.33. The highest BCUT2D eigenvalue weighted by Gasteiger charge is 2.46. The number of hydrogen-bond acceptors (Lipinski definition) is 4. The van der Waals surface area contributed by atoms with Gasteiger partial charge in [-0.1, -0.05) is 0 Å². The van der Waals surface area contributed by atoms with Gasteiger partial charge in [0.2, 0.25) is 0 Å². The number of hydrogen-bond donors (Lipinski definition) is 0. The van der Waals surface area contributed by atoms with E-state index in [-0.39, 0.29) is 18.2 Å². The van der Waals surface area contributed by atoms with Crippen LogP contribution in [-0.4, -0.2) is 41.9 Å². The Labute approximate surface area is 116 Å². The van der Waals surface area contributed by atoms with E-state index in [1.54, 1.807) is 4.90 Å². The monoisotopic (exact) mass is 279 g/mol. The number of carbonyl (C=O) groups excluding carboxylic acids is 2. The first-order valence-corrected chi connectivity index (χ1v) is 7.50. The molecule has 0 aliphatic carbocycles. The van der Waals surface area contributed by atoms with Crippen molar-refractivity contribution in [1.82, 2.24) is 4.90 Å². The molecule has 0 aromatic carbocycles. The van der Waals surface area contributed by atoms with Gasteiger partial charge in [0, 0.05) is 19.6 Å². The quantitative estimate of drug-likeness (QED) is 0.790. The standard InChI is InChI=1S/C14H17NO3S/c1-10-7-11(19-9-10)13(17)15-5-4-14(12(16)8-15)3-2-6-18-14/h7,9H,2-6,8H2,1H3/t14-/m0/s1. The number of piperidine rings is 1. The lowest BCUT2D eigenvalue weighted by Gasteiger charge is -2.36. The molecule has 1 aromatic rings. The molecule has 2 aliphatic heterocycles. The molecule has 3 rings (SSSR count).